The van der Waals surface area contributed by atoms with Crippen LogP contribution in [0.3, 0.4) is 0 Å². The zero-order valence-electron chi connectivity index (χ0n) is 7.75. The fraction of sp³-hybridized carbons (Fsp3) is 1.00. The molecule has 0 bridgehead atoms. The van der Waals surface area contributed by atoms with Crippen molar-refractivity contribution in [2.45, 2.75) is 39.7 Å². The molecule has 0 radical (unpaired) electrons. The Morgan fingerprint density at radius 2 is 1.82 bits per heavy atom. The highest BCUT2D eigenvalue weighted by Crippen LogP contribution is 2.20. The molecular formula is C9H20O2. The summed E-state index contributed by atoms with van der Waals surface area (Å²) in [6, 6.07) is 0. The molecule has 0 aliphatic carbocycles. The molecule has 0 spiro atoms. The predicted octanol–water partition coefficient (Wildman–Crippen LogP) is 1.41. The molecule has 0 unspecified atom stereocenters. The van der Waals surface area contributed by atoms with E-state index >= 15 is 0 Å². The minimum Gasteiger partial charge on any atom is -0.394 e. The molecule has 2 atom stereocenters. The van der Waals surface area contributed by atoms with Gasteiger partial charge in [0.05, 0.1) is 12.7 Å². The van der Waals surface area contributed by atoms with E-state index in [1.54, 1.807) is 0 Å². The van der Waals surface area contributed by atoms with E-state index in [9.17, 15) is 5.11 Å². The quantitative estimate of drug-likeness (QED) is 0.638. The van der Waals surface area contributed by atoms with Crippen molar-refractivity contribution in [1.29, 1.82) is 0 Å². The van der Waals surface area contributed by atoms with Gasteiger partial charge in [0.1, 0.15) is 0 Å². The summed E-state index contributed by atoms with van der Waals surface area (Å²) in [5.41, 5.74) is 0. The largest absolute Gasteiger partial charge is 0.394 e. The van der Waals surface area contributed by atoms with Crippen LogP contribution in [-0.2, 0) is 0 Å². The van der Waals surface area contributed by atoms with E-state index in [2.05, 4.69) is 20.8 Å². The van der Waals surface area contributed by atoms with Gasteiger partial charge in [-0.2, -0.15) is 0 Å². The smallest absolute Gasteiger partial charge is 0.0801 e. The average Bonchev–Trinajstić information content (AvgIpc) is 1.98. The number of hydrogen-bond donors (Lipinski definition) is 2. The Balaban J connectivity index is 3.87. The molecule has 0 aromatic carbocycles. The van der Waals surface area contributed by atoms with Crippen LogP contribution in [0.15, 0.2) is 0 Å². The molecule has 0 saturated carbocycles. The van der Waals surface area contributed by atoms with Crippen LogP contribution in [0, 0.1) is 11.8 Å². The molecule has 2 nitrogen and oxygen atoms in total. The lowest BCUT2D eigenvalue weighted by Gasteiger charge is -2.24. The summed E-state index contributed by atoms with van der Waals surface area (Å²) in [6.07, 6.45) is 1.54. The van der Waals surface area contributed by atoms with Crippen molar-refractivity contribution >= 4 is 0 Å². The Labute approximate surface area is 69.2 Å². The number of hydrogen-bond acceptors (Lipinski definition) is 2. The summed E-state index contributed by atoms with van der Waals surface area (Å²) in [4.78, 5) is 0. The normalized spacial score (nSPS) is 16.9. The first-order chi connectivity index (χ1) is 5.13. The summed E-state index contributed by atoms with van der Waals surface area (Å²) in [6.45, 7) is 6.15. The third-order valence-electron chi connectivity index (χ3n) is 2.16. The van der Waals surface area contributed by atoms with Gasteiger partial charge in [0.25, 0.3) is 0 Å². The van der Waals surface area contributed by atoms with Crippen molar-refractivity contribution in [2.24, 2.45) is 11.8 Å². The monoisotopic (exact) mass is 160 g/mol. The van der Waals surface area contributed by atoms with Crippen molar-refractivity contribution in [3.8, 4) is 0 Å². The Hall–Kier alpha value is -0.0800. The van der Waals surface area contributed by atoms with Crippen LogP contribution in [0.1, 0.15) is 33.6 Å². The maximum atomic E-state index is 9.37. The van der Waals surface area contributed by atoms with Crippen molar-refractivity contribution < 1.29 is 10.2 Å². The van der Waals surface area contributed by atoms with Crippen molar-refractivity contribution in [3.63, 3.8) is 0 Å². The molecule has 68 valence electrons. The van der Waals surface area contributed by atoms with Crippen molar-refractivity contribution in [1.82, 2.24) is 0 Å². The zero-order valence-corrected chi connectivity index (χ0v) is 7.75. The molecule has 0 aliphatic heterocycles. The second-order valence-electron chi connectivity index (χ2n) is 3.45. The molecule has 0 rings (SSSR count). The van der Waals surface area contributed by atoms with Gasteiger partial charge in [0.2, 0.25) is 0 Å². The standard InChI is InChI=1S/C9H20O2/c1-4-5-8(7(2)3)9(11)6-10/h7-11H,4-6H2,1-3H3/t8-,9+/m1/s1. The number of aliphatic hydroxyl groups excluding tert-OH is 2. The van der Waals surface area contributed by atoms with Gasteiger partial charge >= 0.3 is 0 Å². The third-order valence-corrected chi connectivity index (χ3v) is 2.16. The van der Waals surface area contributed by atoms with Gasteiger partial charge < -0.3 is 10.2 Å². The van der Waals surface area contributed by atoms with Crippen molar-refractivity contribution in [3.05, 3.63) is 0 Å². The highest BCUT2D eigenvalue weighted by molar-refractivity contribution is 4.70. The molecule has 0 saturated heterocycles. The van der Waals surface area contributed by atoms with Gasteiger partial charge in [-0.3, -0.25) is 0 Å². The Kier molecular flexibility index (Phi) is 5.51. The Bertz CT molecular complexity index is 91.6. The molecule has 0 aliphatic rings. The van der Waals surface area contributed by atoms with Gasteiger partial charge in [-0.25, -0.2) is 0 Å². The Morgan fingerprint density at radius 1 is 1.27 bits per heavy atom. The topological polar surface area (TPSA) is 40.5 Å². The second-order valence-corrected chi connectivity index (χ2v) is 3.45. The average molecular weight is 160 g/mol. The van der Waals surface area contributed by atoms with Crippen LogP contribution in [-0.4, -0.2) is 22.9 Å². The Morgan fingerprint density at radius 3 is 2.09 bits per heavy atom. The van der Waals surface area contributed by atoms with Gasteiger partial charge in [-0.1, -0.05) is 27.2 Å². The summed E-state index contributed by atoms with van der Waals surface area (Å²) >= 11 is 0. The molecule has 0 fully saturated rings. The zero-order chi connectivity index (χ0) is 8.85. The lowest BCUT2D eigenvalue weighted by molar-refractivity contribution is 0.0251. The minimum absolute atomic E-state index is 0.108. The third kappa shape index (κ3) is 3.73. The maximum Gasteiger partial charge on any atom is 0.0801 e. The van der Waals surface area contributed by atoms with Crippen LogP contribution >= 0.6 is 0 Å². The molecular weight excluding hydrogens is 140 g/mol. The van der Waals surface area contributed by atoms with E-state index < -0.39 is 6.10 Å². The molecule has 0 aromatic heterocycles. The first-order valence-corrected chi connectivity index (χ1v) is 4.42. The molecule has 2 heteroatoms. The van der Waals surface area contributed by atoms with E-state index in [0.717, 1.165) is 12.8 Å². The van der Waals surface area contributed by atoms with E-state index in [1.165, 1.54) is 0 Å². The lowest BCUT2D eigenvalue weighted by Crippen LogP contribution is -2.28. The van der Waals surface area contributed by atoms with Gasteiger partial charge in [-0.05, 0) is 18.3 Å². The van der Waals surface area contributed by atoms with E-state index in [4.69, 9.17) is 5.11 Å². The van der Waals surface area contributed by atoms with Crippen LogP contribution in [0.4, 0.5) is 0 Å². The molecule has 11 heavy (non-hydrogen) atoms. The maximum absolute atomic E-state index is 9.37. The predicted molar refractivity (Wildman–Crippen MR) is 46.3 cm³/mol. The van der Waals surface area contributed by atoms with Crippen molar-refractivity contribution in [2.75, 3.05) is 6.61 Å². The first-order valence-electron chi connectivity index (χ1n) is 4.42. The second kappa shape index (κ2) is 5.56. The van der Waals surface area contributed by atoms with E-state index in [1.807, 2.05) is 0 Å². The SMILES string of the molecule is CCC[C@H](C(C)C)[C@@H](O)CO. The van der Waals surface area contributed by atoms with Crippen LogP contribution in [0.2, 0.25) is 0 Å². The summed E-state index contributed by atoms with van der Waals surface area (Å²) in [5.74, 6) is 0.710. The molecule has 2 N–H and O–H groups in total. The van der Waals surface area contributed by atoms with E-state index in [0.29, 0.717) is 5.92 Å². The molecule has 0 aromatic rings. The summed E-state index contributed by atoms with van der Waals surface area (Å²) in [5, 5.41) is 18.1. The highest BCUT2D eigenvalue weighted by Gasteiger charge is 2.20. The minimum atomic E-state index is -0.532. The highest BCUT2D eigenvalue weighted by atomic mass is 16.3. The fourth-order valence-corrected chi connectivity index (χ4v) is 1.44. The molecule has 0 amide bonds. The van der Waals surface area contributed by atoms with Crippen LogP contribution in [0.5, 0.6) is 0 Å². The lowest BCUT2D eigenvalue weighted by atomic mass is 9.87. The first kappa shape index (κ1) is 10.9. The van der Waals surface area contributed by atoms with Gasteiger partial charge in [0.15, 0.2) is 0 Å². The van der Waals surface area contributed by atoms with E-state index in [-0.39, 0.29) is 12.5 Å². The summed E-state index contributed by atoms with van der Waals surface area (Å²) < 4.78 is 0. The fourth-order valence-electron chi connectivity index (χ4n) is 1.44. The number of rotatable bonds is 5. The molecule has 0 heterocycles. The number of aliphatic hydroxyl groups is 2. The van der Waals surface area contributed by atoms with Gasteiger partial charge in [-0.15, -0.1) is 0 Å². The van der Waals surface area contributed by atoms with Gasteiger partial charge in [0, 0.05) is 0 Å². The summed E-state index contributed by atoms with van der Waals surface area (Å²) in [7, 11) is 0. The van der Waals surface area contributed by atoms with Crippen LogP contribution in [0.25, 0.3) is 0 Å². The van der Waals surface area contributed by atoms with Crippen LogP contribution < -0.4 is 0 Å².